The zero-order chi connectivity index (χ0) is 17.2. The van der Waals surface area contributed by atoms with E-state index in [2.05, 4.69) is 15.3 Å². The van der Waals surface area contributed by atoms with Gasteiger partial charge < -0.3 is 4.42 Å². The highest BCUT2D eigenvalue weighted by Crippen LogP contribution is 2.37. The van der Waals surface area contributed by atoms with Gasteiger partial charge in [-0.1, -0.05) is 47.4 Å². The molecule has 0 saturated heterocycles. The zero-order valence-electron chi connectivity index (χ0n) is 13.0. The summed E-state index contributed by atoms with van der Waals surface area (Å²) in [6, 6.07) is 13.8. The molecule has 3 aromatic heterocycles. The Morgan fingerprint density at radius 1 is 1.16 bits per heavy atom. The molecule has 0 bridgehead atoms. The molecule has 0 radical (unpaired) electrons. The topological polar surface area (TPSA) is 56.7 Å². The van der Waals surface area contributed by atoms with E-state index < -0.39 is 0 Å². The van der Waals surface area contributed by atoms with Crippen LogP contribution in [0.2, 0.25) is 0 Å². The molecular formula is C16H12N4OS4. The van der Waals surface area contributed by atoms with Gasteiger partial charge in [0, 0.05) is 0 Å². The molecule has 0 fully saturated rings. The summed E-state index contributed by atoms with van der Waals surface area (Å²) in [5.41, 5.74) is 0.959. The van der Waals surface area contributed by atoms with Crippen molar-refractivity contribution < 1.29 is 4.42 Å². The van der Waals surface area contributed by atoms with Gasteiger partial charge in [-0.15, -0.1) is 26.6 Å². The van der Waals surface area contributed by atoms with Crippen molar-refractivity contribution in [2.45, 2.75) is 16.5 Å². The van der Waals surface area contributed by atoms with Crippen molar-refractivity contribution in [2.75, 3.05) is 0 Å². The van der Waals surface area contributed by atoms with Crippen LogP contribution < -0.4 is 0 Å². The molecule has 4 rings (SSSR count). The molecule has 0 amide bonds. The largest absolute Gasteiger partial charge is 0.419 e. The van der Waals surface area contributed by atoms with E-state index in [1.807, 2.05) is 54.8 Å². The summed E-state index contributed by atoms with van der Waals surface area (Å²) in [6.07, 6.45) is 0. The van der Waals surface area contributed by atoms with Crippen molar-refractivity contribution in [1.82, 2.24) is 20.0 Å². The molecule has 0 aliphatic carbocycles. The number of benzene rings is 1. The van der Waals surface area contributed by atoms with Crippen molar-refractivity contribution in [1.29, 1.82) is 0 Å². The monoisotopic (exact) mass is 404 g/mol. The van der Waals surface area contributed by atoms with Crippen LogP contribution in [-0.4, -0.2) is 20.0 Å². The maximum absolute atomic E-state index is 5.80. The first-order valence-corrected chi connectivity index (χ1v) is 10.4. The third-order valence-electron chi connectivity index (χ3n) is 3.33. The summed E-state index contributed by atoms with van der Waals surface area (Å²) in [5.74, 6) is 1.14. The lowest BCUT2D eigenvalue weighted by atomic mass is 10.3. The predicted molar refractivity (Wildman–Crippen MR) is 104 cm³/mol. The third kappa shape index (κ3) is 3.59. The molecule has 9 heteroatoms. The third-order valence-corrected chi connectivity index (χ3v) is 6.59. The van der Waals surface area contributed by atoms with Crippen molar-refractivity contribution in [3.8, 4) is 16.5 Å². The Morgan fingerprint density at radius 3 is 2.76 bits per heavy atom. The summed E-state index contributed by atoms with van der Waals surface area (Å²) in [6.45, 7) is 2.02. The standard InChI is InChI=1S/C16H12N4OS4/c1-10(13-17-18-14(21-13)12-8-5-9-23-12)24-15-19-20(16(22)25-15)11-6-3-2-4-7-11/h2-10H,1H3. The lowest BCUT2D eigenvalue weighted by Crippen LogP contribution is -1.96. The molecule has 3 heterocycles. The summed E-state index contributed by atoms with van der Waals surface area (Å²) in [7, 11) is 0. The fourth-order valence-electron chi connectivity index (χ4n) is 2.14. The van der Waals surface area contributed by atoms with E-state index in [4.69, 9.17) is 16.6 Å². The maximum Gasteiger partial charge on any atom is 0.257 e. The smallest absolute Gasteiger partial charge is 0.257 e. The first-order valence-electron chi connectivity index (χ1n) is 7.40. The quantitative estimate of drug-likeness (QED) is 0.317. The molecule has 4 aromatic rings. The average molecular weight is 405 g/mol. The fraction of sp³-hybridized carbons (Fsp3) is 0.125. The second-order valence-corrected chi connectivity index (χ2v) is 9.22. The number of thiophene rings is 1. The van der Waals surface area contributed by atoms with Gasteiger partial charge in [0.15, 0.2) is 8.29 Å². The Balaban J connectivity index is 1.54. The van der Waals surface area contributed by atoms with Crippen molar-refractivity contribution in [3.63, 3.8) is 0 Å². The van der Waals surface area contributed by atoms with Crippen LogP contribution in [0.5, 0.6) is 0 Å². The predicted octanol–water partition coefficient (Wildman–Crippen LogP) is 5.63. The second-order valence-electron chi connectivity index (χ2n) is 5.06. The van der Waals surface area contributed by atoms with Gasteiger partial charge in [-0.2, -0.15) is 0 Å². The molecule has 0 aliphatic rings. The minimum Gasteiger partial charge on any atom is -0.419 e. The summed E-state index contributed by atoms with van der Waals surface area (Å²) in [5, 5.41) is 14.9. The van der Waals surface area contributed by atoms with Crippen LogP contribution in [0.1, 0.15) is 18.1 Å². The van der Waals surface area contributed by atoms with Crippen molar-refractivity contribution in [3.05, 3.63) is 57.7 Å². The van der Waals surface area contributed by atoms with Crippen molar-refractivity contribution >= 4 is 46.7 Å². The maximum atomic E-state index is 5.80. The van der Waals surface area contributed by atoms with Crippen LogP contribution in [-0.2, 0) is 0 Å². The second kappa shape index (κ2) is 7.20. The highest BCUT2D eigenvalue weighted by atomic mass is 32.2. The van der Waals surface area contributed by atoms with Gasteiger partial charge in [-0.05, 0) is 42.7 Å². The summed E-state index contributed by atoms with van der Waals surface area (Å²) in [4.78, 5) is 0.972. The molecular weight excluding hydrogens is 392 g/mol. The number of para-hydroxylation sites is 1. The SMILES string of the molecule is CC(Sc1nn(-c2ccccc2)c(=S)s1)c1nnc(-c2cccs2)o1. The fourth-order valence-corrected chi connectivity index (χ4v) is 5.32. The van der Waals surface area contributed by atoms with Crippen LogP contribution >= 0.6 is 46.7 Å². The van der Waals surface area contributed by atoms with Gasteiger partial charge in [-0.25, -0.2) is 4.68 Å². The molecule has 1 atom stereocenters. The van der Waals surface area contributed by atoms with E-state index in [-0.39, 0.29) is 5.25 Å². The van der Waals surface area contributed by atoms with Crippen LogP contribution in [0.3, 0.4) is 0 Å². The Kier molecular flexibility index (Phi) is 4.80. The van der Waals surface area contributed by atoms with Gasteiger partial charge in [0.25, 0.3) is 5.89 Å². The lowest BCUT2D eigenvalue weighted by Gasteiger charge is -2.03. The molecule has 1 aromatic carbocycles. The van der Waals surface area contributed by atoms with Crippen LogP contribution in [0.15, 0.2) is 56.6 Å². The number of aromatic nitrogens is 4. The van der Waals surface area contributed by atoms with E-state index in [1.54, 1.807) is 27.8 Å². The normalized spacial score (nSPS) is 12.4. The number of thioether (sulfide) groups is 1. The van der Waals surface area contributed by atoms with E-state index in [1.165, 1.54) is 11.3 Å². The molecule has 5 nitrogen and oxygen atoms in total. The number of rotatable bonds is 5. The van der Waals surface area contributed by atoms with E-state index in [0.29, 0.717) is 15.7 Å². The molecule has 0 N–H and O–H groups in total. The van der Waals surface area contributed by atoms with Crippen LogP contribution in [0.4, 0.5) is 0 Å². The van der Waals surface area contributed by atoms with Gasteiger partial charge in [0.2, 0.25) is 5.89 Å². The van der Waals surface area contributed by atoms with Crippen LogP contribution in [0, 0.1) is 3.95 Å². The summed E-state index contributed by atoms with van der Waals surface area (Å²) < 4.78 is 9.16. The van der Waals surface area contributed by atoms with E-state index >= 15 is 0 Å². The van der Waals surface area contributed by atoms with Gasteiger partial charge in [0.05, 0.1) is 15.8 Å². The average Bonchev–Trinajstić information content (AvgIpc) is 3.36. The minimum absolute atomic E-state index is 0.00835. The Hall–Kier alpha value is -1.81. The van der Waals surface area contributed by atoms with E-state index in [0.717, 1.165) is 14.9 Å². The highest BCUT2D eigenvalue weighted by molar-refractivity contribution is 8.01. The number of hydrogen-bond donors (Lipinski definition) is 0. The molecule has 25 heavy (non-hydrogen) atoms. The van der Waals surface area contributed by atoms with Gasteiger partial charge in [0.1, 0.15) is 0 Å². The first-order chi connectivity index (χ1) is 12.2. The Morgan fingerprint density at radius 2 is 2.00 bits per heavy atom. The number of hydrogen-bond acceptors (Lipinski definition) is 8. The Bertz CT molecular complexity index is 1020. The molecule has 0 saturated carbocycles. The zero-order valence-corrected chi connectivity index (χ0v) is 16.3. The van der Waals surface area contributed by atoms with Crippen LogP contribution in [0.25, 0.3) is 16.5 Å². The minimum atomic E-state index is -0.00835. The molecule has 1 unspecified atom stereocenters. The Labute approximate surface area is 161 Å². The molecule has 0 spiro atoms. The molecule has 0 aliphatic heterocycles. The highest BCUT2D eigenvalue weighted by Gasteiger charge is 2.19. The van der Waals surface area contributed by atoms with Crippen molar-refractivity contribution in [2.24, 2.45) is 0 Å². The summed E-state index contributed by atoms with van der Waals surface area (Å²) >= 11 is 10.1. The first kappa shape index (κ1) is 16.6. The number of nitrogens with zero attached hydrogens (tertiary/aromatic N) is 4. The lowest BCUT2D eigenvalue weighted by molar-refractivity contribution is 0.510. The van der Waals surface area contributed by atoms with E-state index in [9.17, 15) is 0 Å². The van der Waals surface area contributed by atoms with Gasteiger partial charge >= 0.3 is 0 Å². The van der Waals surface area contributed by atoms with Gasteiger partial charge in [-0.3, -0.25) is 0 Å². The molecule has 126 valence electrons.